The van der Waals surface area contributed by atoms with Crippen molar-refractivity contribution in [2.24, 2.45) is 0 Å². The summed E-state index contributed by atoms with van der Waals surface area (Å²) in [5.41, 5.74) is 1.78. The van der Waals surface area contributed by atoms with Gasteiger partial charge in [-0.1, -0.05) is 23.9 Å². The lowest BCUT2D eigenvalue weighted by atomic mass is 10.2. The number of ether oxygens (including phenoxy) is 1. The molecule has 0 saturated heterocycles. The summed E-state index contributed by atoms with van der Waals surface area (Å²) in [6.07, 6.45) is 3.31. The number of methoxy groups -OCH3 is 1. The number of nitrogens with one attached hydrogen (secondary N) is 1. The van der Waals surface area contributed by atoms with Crippen molar-refractivity contribution in [2.45, 2.75) is 23.9 Å². The van der Waals surface area contributed by atoms with Gasteiger partial charge in [0.05, 0.1) is 12.4 Å². The van der Waals surface area contributed by atoms with Gasteiger partial charge >= 0.3 is 0 Å². The van der Waals surface area contributed by atoms with Crippen LogP contribution < -0.4 is 10.1 Å². The third kappa shape index (κ3) is 4.60. The van der Waals surface area contributed by atoms with Gasteiger partial charge in [-0.3, -0.25) is 9.78 Å². The third-order valence-electron chi connectivity index (χ3n) is 3.61. The molecule has 1 amide bonds. The Morgan fingerprint density at radius 3 is 2.62 bits per heavy atom. The summed E-state index contributed by atoms with van der Waals surface area (Å²) < 4.78 is 10.7. The largest absolute Gasteiger partial charge is 0.497 e. The first-order valence-electron chi connectivity index (χ1n) is 7.97. The van der Waals surface area contributed by atoms with E-state index in [1.54, 1.807) is 38.6 Å². The zero-order valence-electron chi connectivity index (χ0n) is 14.4. The van der Waals surface area contributed by atoms with Gasteiger partial charge in [-0.25, -0.2) is 0 Å². The fourth-order valence-electron chi connectivity index (χ4n) is 2.15. The molecule has 0 aliphatic rings. The van der Waals surface area contributed by atoms with Crippen molar-refractivity contribution in [2.75, 3.05) is 7.11 Å². The maximum atomic E-state index is 12.3. The molecule has 7 nitrogen and oxygen atoms in total. The number of pyridine rings is 1. The number of aromatic nitrogens is 3. The van der Waals surface area contributed by atoms with Crippen LogP contribution in [0.15, 0.2) is 58.4 Å². The van der Waals surface area contributed by atoms with E-state index in [0.29, 0.717) is 17.7 Å². The third-order valence-corrected chi connectivity index (χ3v) is 4.54. The molecule has 1 aromatic carbocycles. The maximum Gasteiger partial charge on any atom is 0.277 e. The number of benzene rings is 1. The molecule has 2 aromatic heterocycles. The Morgan fingerprint density at radius 2 is 1.92 bits per heavy atom. The summed E-state index contributed by atoms with van der Waals surface area (Å²) >= 11 is 1.22. The molecule has 0 fully saturated rings. The molecule has 134 valence electrons. The van der Waals surface area contributed by atoms with E-state index in [0.717, 1.165) is 16.9 Å². The first-order chi connectivity index (χ1) is 12.7. The van der Waals surface area contributed by atoms with E-state index in [1.165, 1.54) is 11.8 Å². The first-order valence-corrected chi connectivity index (χ1v) is 8.85. The summed E-state index contributed by atoms with van der Waals surface area (Å²) in [7, 11) is 1.62. The Bertz CT molecular complexity index is 852. The molecule has 3 rings (SSSR count). The average Bonchev–Trinajstić information content (AvgIpc) is 3.15. The normalized spacial score (nSPS) is 11.8. The number of nitrogens with zero attached hydrogens (tertiary/aromatic N) is 3. The minimum atomic E-state index is -0.362. The van der Waals surface area contributed by atoms with Gasteiger partial charge in [-0.05, 0) is 36.8 Å². The Balaban J connectivity index is 1.53. The molecule has 0 radical (unpaired) electrons. The van der Waals surface area contributed by atoms with E-state index in [1.807, 2.05) is 24.3 Å². The first kappa shape index (κ1) is 17.9. The summed E-state index contributed by atoms with van der Waals surface area (Å²) in [6.45, 7) is 2.24. The van der Waals surface area contributed by atoms with Crippen molar-refractivity contribution in [1.82, 2.24) is 20.5 Å². The van der Waals surface area contributed by atoms with Gasteiger partial charge in [0.25, 0.3) is 5.22 Å². The Morgan fingerprint density at radius 1 is 1.19 bits per heavy atom. The van der Waals surface area contributed by atoms with Gasteiger partial charge in [0.2, 0.25) is 11.8 Å². The van der Waals surface area contributed by atoms with E-state index >= 15 is 0 Å². The van der Waals surface area contributed by atoms with E-state index in [-0.39, 0.29) is 11.2 Å². The molecule has 0 spiro atoms. The Hall–Kier alpha value is -2.87. The number of thioether (sulfide) groups is 1. The van der Waals surface area contributed by atoms with E-state index in [9.17, 15) is 4.79 Å². The fraction of sp³-hybridized carbons (Fsp3) is 0.222. The van der Waals surface area contributed by atoms with Gasteiger partial charge in [-0.15, -0.1) is 10.2 Å². The van der Waals surface area contributed by atoms with Crippen LogP contribution in [-0.2, 0) is 11.3 Å². The lowest BCUT2D eigenvalue weighted by Gasteiger charge is -2.10. The summed E-state index contributed by atoms with van der Waals surface area (Å²) in [4.78, 5) is 16.2. The molecular formula is C18H18N4O3S. The van der Waals surface area contributed by atoms with E-state index in [2.05, 4.69) is 20.5 Å². The van der Waals surface area contributed by atoms with Crippen LogP contribution in [0.1, 0.15) is 12.5 Å². The molecule has 0 aliphatic carbocycles. The van der Waals surface area contributed by atoms with Gasteiger partial charge in [0.15, 0.2) is 0 Å². The quantitative estimate of drug-likeness (QED) is 0.640. The van der Waals surface area contributed by atoms with Crippen LogP contribution in [0.2, 0.25) is 0 Å². The van der Waals surface area contributed by atoms with Gasteiger partial charge in [0, 0.05) is 24.5 Å². The highest BCUT2D eigenvalue weighted by Gasteiger charge is 2.18. The van der Waals surface area contributed by atoms with Crippen LogP contribution in [0.5, 0.6) is 5.75 Å². The highest BCUT2D eigenvalue weighted by molar-refractivity contribution is 8.00. The van der Waals surface area contributed by atoms with Crippen LogP contribution in [0, 0.1) is 0 Å². The molecule has 26 heavy (non-hydrogen) atoms. The summed E-state index contributed by atoms with van der Waals surface area (Å²) in [5.74, 6) is 1.08. The number of carbonyl (C=O) groups is 1. The van der Waals surface area contributed by atoms with Crippen molar-refractivity contribution >= 4 is 17.7 Å². The second kappa shape index (κ2) is 8.48. The molecule has 8 heteroatoms. The standard InChI is InChI=1S/C18H18N4O3S/c1-12(16(23)20-11-13-3-5-15(24-2)6-4-13)26-18-22-21-17(25-18)14-7-9-19-10-8-14/h3-10,12H,11H2,1-2H3,(H,20,23). The topological polar surface area (TPSA) is 90.1 Å². The maximum absolute atomic E-state index is 12.3. The highest BCUT2D eigenvalue weighted by atomic mass is 32.2. The van der Waals surface area contributed by atoms with Crippen LogP contribution in [0.25, 0.3) is 11.5 Å². The number of rotatable bonds is 7. The average molecular weight is 370 g/mol. The molecule has 1 N–H and O–H groups in total. The number of hydrogen-bond donors (Lipinski definition) is 1. The van der Waals surface area contributed by atoms with E-state index in [4.69, 9.17) is 9.15 Å². The van der Waals surface area contributed by atoms with Gasteiger partial charge in [0.1, 0.15) is 5.75 Å². The molecular weight excluding hydrogens is 352 g/mol. The fourth-order valence-corrected chi connectivity index (χ4v) is 2.86. The van der Waals surface area contributed by atoms with Crippen molar-refractivity contribution in [3.63, 3.8) is 0 Å². The van der Waals surface area contributed by atoms with Crippen molar-refractivity contribution in [3.8, 4) is 17.2 Å². The van der Waals surface area contributed by atoms with Crippen LogP contribution >= 0.6 is 11.8 Å². The SMILES string of the molecule is COc1ccc(CNC(=O)C(C)Sc2nnc(-c3ccncc3)o2)cc1. The van der Waals surface area contributed by atoms with Crippen LogP contribution in [0.3, 0.4) is 0 Å². The molecule has 0 bridgehead atoms. The lowest BCUT2D eigenvalue weighted by Crippen LogP contribution is -2.30. The number of amides is 1. The van der Waals surface area contributed by atoms with Crippen molar-refractivity contribution in [1.29, 1.82) is 0 Å². The number of hydrogen-bond acceptors (Lipinski definition) is 7. The predicted molar refractivity (Wildman–Crippen MR) is 97.7 cm³/mol. The Kier molecular flexibility index (Phi) is 5.85. The van der Waals surface area contributed by atoms with E-state index < -0.39 is 0 Å². The minimum absolute atomic E-state index is 0.102. The van der Waals surface area contributed by atoms with Gasteiger partial charge in [-0.2, -0.15) is 0 Å². The van der Waals surface area contributed by atoms with Crippen molar-refractivity contribution < 1.29 is 13.9 Å². The zero-order valence-corrected chi connectivity index (χ0v) is 15.2. The molecule has 0 aliphatic heterocycles. The second-order valence-electron chi connectivity index (χ2n) is 5.43. The Labute approximate surface area is 155 Å². The summed E-state index contributed by atoms with van der Waals surface area (Å²) in [6, 6.07) is 11.1. The second-order valence-corrected chi connectivity index (χ2v) is 6.73. The van der Waals surface area contributed by atoms with Crippen LogP contribution in [0.4, 0.5) is 0 Å². The molecule has 3 aromatic rings. The zero-order chi connectivity index (χ0) is 18.4. The predicted octanol–water partition coefficient (Wildman–Crippen LogP) is 2.94. The smallest absolute Gasteiger partial charge is 0.277 e. The molecule has 0 saturated carbocycles. The van der Waals surface area contributed by atoms with Gasteiger partial charge < -0.3 is 14.5 Å². The highest BCUT2D eigenvalue weighted by Crippen LogP contribution is 2.25. The molecule has 2 heterocycles. The molecule has 1 atom stereocenters. The minimum Gasteiger partial charge on any atom is -0.497 e. The molecule has 1 unspecified atom stereocenters. The lowest BCUT2D eigenvalue weighted by molar-refractivity contribution is -0.120. The monoisotopic (exact) mass is 370 g/mol. The summed E-state index contributed by atoms with van der Waals surface area (Å²) in [5, 5.41) is 10.9. The van der Waals surface area contributed by atoms with Crippen LogP contribution in [-0.4, -0.2) is 33.4 Å². The van der Waals surface area contributed by atoms with Crippen molar-refractivity contribution in [3.05, 3.63) is 54.4 Å². The number of carbonyl (C=O) groups excluding carboxylic acids is 1.